The van der Waals surface area contributed by atoms with Crippen LogP contribution < -0.4 is 5.73 Å². The zero-order chi connectivity index (χ0) is 12.6. The zero-order valence-electron chi connectivity index (χ0n) is 10.1. The number of hydrogen-bond acceptors (Lipinski definition) is 5. The molecule has 0 spiro atoms. The predicted molar refractivity (Wildman–Crippen MR) is 64.5 cm³/mol. The van der Waals surface area contributed by atoms with E-state index < -0.39 is 0 Å². The molecule has 17 heavy (non-hydrogen) atoms. The molecule has 2 rings (SSSR count). The van der Waals surface area contributed by atoms with Crippen molar-refractivity contribution in [3.8, 4) is 17.2 Å². The molecule has 0 amide bonds. The van der Waals surface area contributed by atoms with Gasteiger partial charge in [0.25, 0.3) is 5.89 Å². The summed E-state index contributed by atoms with van der Waals surface area (Å²) in [6, 6.07) is 4.84. The standard InChI is InChI=1S/C12H15N3O2/c1-12(2,3)11-14-10(17-15-11)7-4-5-8(13)9(16)6-7/h4-6,16H,13H2,1-3H3. The van der Waals surface area contributed by atoms with Gasteiger partial charge in [-0.2, -0.15) is 4.98 Å². The van der Waals surface area contributed by atoms with Crippen molar-refractivity contribution in [2.75, 3.05) is 5.73 Å². The highest BCUT2D eigenvalue weighted by molar-refractivity contribution is 5.63. The summed E-state index contributed by atoms with van der Waals surface area (Å²) in [5, 5.41) is 13.4. The number of phenols is 1. The van der Waals surface area contributed by atoms with Crippen molar-refractivity contribution < 1.29 is 9.63 Å². The van der Waals surface area contributed by atoms with Crippen molar-refractivity contribution in [2.45, 2.75) is 26.2 Å². The molecule has 0 unspecified atom stereocenters. The van der Waals surface area contributed by atoms with Gasteiger partial charge in [0.1, 0.15) is 5.75 Å². The maximum atomic E-state index is 9.51. The summed E-state index contributed by atoms with van der Waals surface area (Å²) < 4.78 is 5.16. The van der Waals surface area contributed by atoms with Crippen molar-refractivity contribution in [3.63, 3.8) is 0 Å². The molecular weight excluding hydrogens is 218 g/mol. The molecule has 0 radical (unpaired) electrons. The number of nitrogen functional groups attached to an aromatic ring is 1. The summed E-state index contributed by atoms with van der Waals surface area (Å²) in [4.78, 5) is 4.29. The molecule has 0 saturated heterocycles. The number of nitrogens with zero attached hydrogens (tertiary/aromatic N) is 2. The average molecular weight is 233 g/mol. The van der Waals surface area contributed by atoms with Crippen LogP contribution in [0.5, 0.6) is 5.75 Å². The van der Waals surface area contributed by atoms with Gasteiger partial charge in [-0.3, -0.25) is 0 Å². The molecule has 0 aliphatic carbocycles. The average Bonchev–Trinajstić information content (AvgIpc) is 2.70. The van der Waals surface area contributed by atoms with Gasteiger partial charge in [-0.1, -0.05) is 25.9 Å². The first-order valence-electron chi connectivity index (χ1n) is 5.31. The molecule has 90 valence electrons. The molecule has 5 nitrogen and oxygen atoms in total. The minimum atomic E-state index is -0.169. The first-order valence-corrected chi connectivity index (χ1v) is 5.31. The van der Waals surface area contributed by atoms with E-state index in [1.165, 1.54) is 6.07 Å². The molecule has 5 heteroatoms. The molecule has 0 aliphatic rings. The van der Waals surface area contributed by atoms with Gasteiger partial charge in [-0.15, -0.1) is 0 Å². The van der Waals surface area contributed by atoms with Crippen LogP contribution in [0.15, 0.2) is 22.7 Å². The molecule has 1 heterocycles. The van der Waals surface area contributed by atoms with Crippen molar-refractivity contribution >= 4 is 5.69 Å². The van der Waals surface area contributed by atoms with E-state index in [2.05, 4.69) is 10.1 Å². The second-order valence-electron chi connectivity index (χ2n) is 4.95. The molecule has 0 aliphatic heterocycles. The van der Waals surface area contributed by atoms with Gasteiger partial charge in [0.2, 0.25) is 0 Å². The van der Waals surface area contributed by atoms with Gasteiger partial charge in [0.05, 0.1) is 5.69 Å². The number of aromatic hydroxyl groups is 1. The Hall–Kier alpha value is -2.04. The summed E-state index contributed by atoms with van der Waals surface area (Å²) in [6.07, 6.45) is 0. The number of hydrogen-bond donors (Lipinski definition) is 2. The van der Waals surface area contributed by atoms with Crippen molar-refractivity contribution in [1.82, 2.24) is 10.1 Å². The molecule has 0 atom stereocenters. The van der Waals surface area contributed by atoms with Gasteiger partial charge < -0.3 is 15.4 Å². The predicted octanol–water partition coefficient (Wildman–Crippen LogP) is 2.32. The van der Waals surface area contributed by atoms with Crippen molar-refractivity contribution in [2.24, 2.45) is 0 Å². The van der Waals surface area contributed by atoms with Crippen molar-refractivity contribution in [3.05, 3.63) is 24.0 Å². The topological polar surface area (TPSA) is 85.2 Å². The Morgan fingerprint density at radius 2 is 2.00 bits per heavy atom. The third-order valence-corrected chi connectivity index (χ3v) is 2.37. The van der Waals surface area contributed by atoms with Crippen LogP contribution in [-0.4, -0.2) is 15.2 Å². The lowest BCUT2D eigenvalue weighted by Crippen LogP contribution is -2.13. The lowest BCUT2D eigenvalue weighted by Gasteiger charge is -2.10. The molecule has 0 bridgehead atoms. The number of aromatic nitrogens is 2. The second-order valence-corrected chi connectivity index (χ2v) is 4.95. The Bertz CT molecular complexity index is 541. The molecule has 1 aromatic heterocycles. The number of anilines is 1. The summed E-state index contributed by atoms with van der Waals surface area (Å²) in [5.74, 6) is 1.02. The lowest BCUT2D eigenvalue weighted by atomic mass is 9.96. The van der Waals surface area contributed by atoms with Gasteiger partial charge in [-0.25, -0.2) is 0 Å². The first kappa shape index (κ1) is 11.4. The third-order valence-electron chi connectivity index (χ3n) is 2.37. The van der Waals surface area contributed by atoms with Gasteiger partial charge in [0.15, 0.2) is 5.82 Å². The zero-order valence-corrected chi connectivity index (χ0v) is 10.1. The number of nitrogens with two attached hydrogens (primary N) is 1. The van der Waals surface area contributed by atoms with Crippen LogP contribution in [0.2, 0.25) is 0 Å². The van der Waals surface area contributed by atoms with Crippen LogP contribution in [0.3, 0.4) is 0 Å². The summed E-state index contributed by atoms with van der Waals surface area (Å²) in [6.45, 7) is 6.01. The number of phenolic OH excluding ortho intramolecular Hbond substituents is 1. The van der Waals surface area contributed by atoms with Crippen LogP contribution in [-0.2, 0) is 5.41 Å². The number of rotatable bonds is 1. The van der Waals surface area contributed by atoms with Crippen LogP contribution in [0.25, 0.3) is 11.5 Å². The van der Waals surface area contributed by atoms with E-state index in [1.807, 2.05) is 20.8 Å². The quantitative estimate of drug-likeness (QED) is 0.583. The van der Waals surface area contributed by atoms with Gasteiger partial charge in [0, 0.05) is 11.0 Å². The molecule has 3 N–H and O–H groups in total. The maximum absolute atomic E-state index is 9.51. The fraction of sp³-hybridized carbons (Fsp3) is 0.333. The molecule has 0 fully saturated rings. The summed E-state index contributed by atoms with van der Waals surface area (Å²) in [7, 11) is 0. The Morgan fingerprint density at radius 3 is 2.53 bits per heavy atom. The van der Waals surface area contributed by atoms with E-state index in [0.717, 1.165) is 0 Å². The minimum absolute atomic E-state index is 0.0120. The van der Waals surface area contributed by atoms with Crippen LogP contribution in [0, 0.1) is 0 Å². The normalized spacial score (nSPS) is 11.7. The maximum Gasteiger partial charge on any atom is 0.258 e. The van der Waals surface area contributed by atoms with E-state index in [-0.39, 0.29) is 11.2 Å². The highest BCUT2D eigenvalue weighted by Crippen LogP contribution is 2.28. The Morgan fingerprint density at radius 1 is 1.29 bits per heavy atom. The molecule has 1 aromatic carbocycles. The third kappa shape index (κ3) is 2.22. The van der Waals surface area contributed by atoms with E-state index in [9.17, 15) is 5.11 Å². The highest BCUT2D eigenvalue weighted by atomic mass is 16.5. The largest absolute Gasteiger partial charge is 0.506 e. The Balaban J connectivity index is 2.40. The second kappa shape index (κ2) is 3.76. The lowest BCUT2D eigenvalue weighted by molar-refractivity contribution is 0.402. The SMILES string of the molecule is CC(C)(C)c1noc(-c2ccc(N)c(O)c2)n1. The van der Waals surface area contributed by atoms with Crippen LogP contribution in [0.4, 0.5) is 5.69 Å². The molecular formula is C12H15N3O2. The van der Waals surface area contributed by atoms with E-state index >= 15 is 0 Å². The molecule has 2 aromatic rings. The molecule has 0 saturated carbocycles. The van der Waals surface area contributed by atoms with E-state index in [1.54, 1.807) is 12.1 Å². The van der Waals surface area contributed by atoms with Gasteiger partial charge >= 0.3 is 0 Å². The monoisotopic (exact) mass is 233 g/mol. The first-order chi connectivity index (χ1) is 7.88. The Kier molecular flexibility index (Phi) is 2.53. The van der Waals surface area contributed by atoms with Gasteiger partial charge in [-0.05, 0) is 18.2 Å². The van der Waals surface area contributed by atoms with Crippen molar-refractivity contribution in [1.29, 1.82) is 0 Å². The summed E-state index contributed by atoms with van der Waals surface area (Å²) >= 11 is 0. The minimum Gasteiger partial charge on any atom is -0.506 e. The highest BCUT2D eigenvalue weighted by Gasteiger charge is 2.21. The van der Waals surface area contributed by atoms with Crippen LogP contribution in [0.1, 0.15) is 26.6 Å². The van der Waals surface area contributed by atoms with Crippen LogP contribution >= 0.6 is 0 Å². The van der Waals surface area contributed by atoms with E-state index in [0.29, 0.717) is 23.0 Å². The van der Waals surface area contributed by atoms with E-state index in [4.69, 9.17) is 10.3 Å². The Labute approximate surface area is 99.3 Å². The fourth-order valence-corrected chi connectivity index (χ4v) is 1.32. The fourth-order valence-electron chi connectivity index (χ4n) is 1.32. The smallest absolute Gasteiger partial charge is 0.258 e. The number of benzene rings is 1. The summed E-state index contributed by atoms with van der Waals surface area (Å²) in [5.41, 5.74) is 6.33.